The Labute approximate surface area is 187 Å². The lowest BCUT2D eigenvalue weighted by molar-refractivity contribution is -0.132. The number of aryl methyl sites for hydroxylation is 1. The van der Waals surface area contributed by atoms with Crippen LogP contribution >= 0.6 is 0 Å². The summed E-state index contributed by atoms with van der Waals surface area (Å²) in [6.45, 7) is 5.63. The molecule has 1 amide bonds. The minimum absolute atomic E-state index is 0.0249. The molecule has 7 heteroatoms. The molecule has 0 atom stereocenters. The van der Waals surface area contributed by atoms with Gasteiger partial charge in [-0.1, -0.05) is 30.3 Å². The molecular formula is C25H28N2O5. The molecule has 1 aromatic heterocycles. The van der Waals surface area contributed by atoms with Crippen LogP contribution < -0.4 is 15.1 Å². The first-order valence-electron chi connectivity index (χ1n) is 10.7. The number of rotatable bonds is 6. The highest BCUT2D eigenvalue weighted by Gasteiger charge is 2.24. The number of ether oxygens (including phenoxy) is 2. The Morgan fingerprint density at radius 3 is 2.38 bits per heavy atom. The van der Waals surface area contributed by atoms with Gasteiger partial charge in [-0.25, -0.2) is 4.79 Å². The highest BCUT2D eigenvalue weighted by molar-refractivity contribution is 5.89. The lowest BCUT2D eigenvalue weighted by Gasteiger charge is -2.34. The molecule has 0 aliphatic carbocycles. The fraction of sp³-hybridized carbons (Fsp3) is 0.360. The lowest BCUT2D eigenvalue weighted by Crippen LogP contribution is -2.49. The predicted octanol–water partition coefficient (Wildman–Crippen LogP) is 3.01. The Kier molecular flexibility index (Phi) is 6.46. The molecule has 1 aliphatic heterocycles. The van der Waals surface area contributed by atoms with Crippen LogP contribution in [0.15, 0.2) is 51.7 Å². The summed E-state index contributed by atoms with van der Waals surface area (Å²) in [7, 11) is 3.03. The van der Waals surface area contributed by atoms with Crippen LogP contribution in [0.1, 0.15) is 16.7 Å². The third kappa shape index (κ3) is 4.34. The summed E-state index contributed by atoms with van der Waals surface area (Å²) in [4.78, 5) is 29.9. The summed E-state index contributed by atoms with van der Waals surface area (Å²) < 4.78 is 16.3. The number of amides is 1. The van der Waals surface area contributed by atoms with Crippen molar-refractivity contribution in [1.82, 2.24) is 9.80 Å². The smallest absolute Gasteiger partial charge is 0.340 e. The topological polar surface area (TPSA) is 72.2 Å². The highest BCUT2D eigenvalue weighted by atomic mass is 16.5. The maximum absolute atomic E-state index is 13.0. The van der Waals surface area contributed by atoms with Crippen LogP contribution in [0.5, 0.6) is 11.5 Å². The Morgan fingerprint density at radius 1 is 1.00 bits per heavy atom. The van der Waals surface area contributed by atoms with E-state index in [1.165, 1.54) is 19.8 Å². The van der Waals surface area contributed by atoms with Crippen LogP contribution in [0.4, 0.5) is 0 Å². The maximum atomic E-state index is 13.0. The molecule has 1 saturated heterocycles. The average Bonchev–Trinajstić information content (AvgIpc) is 2.82. The zero-order valence-electron chi connectivity index (χ0n) is 18.7. The number of hydrogen-bond donors (Lipinski definition) is 0. The number of fused-ring (bicyclic) bond motifs is 1. The normalized spacial score (nSPS) is 14.5. The van der Waals surface area contributed by atoms with Crippen LogP contribution in [-0.2, 0) is 17.8 Å². The van der Waals surface area contributed by atoms with E-state index in [2.05, 4.69) is 17.0 Å². The predicted molar refractivity (Wildman–Crippen MR) is 122 cm³/mol. The quantitative estimate of drug-likeness (QED) is 0.553. The van der Waals surface area contributed by atoms with Gasteiger partial charge in [-0.2, -0.15) is 0 Å². The van der Waals surface area contributed by atoms with Gasteiger partial charge in [-0.15, -0.1) is 0 Å². The van der Waals surface area contributed by atoms with Crippen LogP contribution in [0.25, 0.3) is 11.0 Å². The van der Waals surface area contributed by atoms with E-state index in [1.807, 2.05) is 36.1 Å². The molecule has 0 N–H and O–H groups in total. The summed E-state index contributed by atoms with van der Waals surface area (Å²) in [5, 5.41) is 0.734. The molecule has 32 heavy (non-hydrogen) atoms. The largest absolute Gasteiger partial charge is 0.493 e. The van der Waals surface area contributed by atoms with Crippen molar-refractivity contribution < 1.29 is 18.7 Å². The zero-order chi connectivity index (χ0) is 22.7. The van der Waals surface area contributed by atoms with Crippen molar-refractivity contribution >= 4 is 16.9 Å². The Bertz CT molecular complexity index is 1160. The second-order valence-corrected chi connectivity index (χ2v) is 7.99. The SMILES string of the molecule is COc1ccc2c(C)c(CC(=O)N3CCN(Cc4ccccc4)CC3)c(=O)oc2c1OC. The van der Waals surface area contributed by atoms with Gasteiger partial charge in [-0.3, -0.25) is 9.69 Å². The first-order chi connectivity index (χ1) is 15.5. The maximum Gasteiger partial charge on any atom is 0.340 e. The Hall–Kier alpha value is -3.32. The fourth-order valence-corrected chi connectivity index (χ4v) is 4.23. The lowest BCUT2D eigenvalue weighted by atomic mass is 10.0. The van der Waals surface area contributed by atoms with Crippen molar-refractivity contribution in [1.29, 1.82) is 0 Å². The molecule has 2 aromatic carbocycles. The minimum atomic E-state index is -0.516. The number of benzene rings is 2. The number of carbonyl (C=O) groups is 1. The first-order valence-corrected chi connectivity index (χ1v) is 10.7. The number of methoxy groups -OCH3 is 2. The van der Waals surface area contributed by atoms with Crippen molar-refractivity contribution in [2.24, 2.45) is 0 Å². The second kappa shape index (κ2) is 9.44. The molecule has 3 aromatic rings. The van der Waals surface area contributed by atoms with Crippen molar-refractivity contribution in [3.05, 3.63) is 69.6 Å². The number of hydrogen-bond acceptors (Lipinski definition) is 6. The van der Waals surface area contributed by atoms with E-state index in [0.717, 1.165) is 30.6 Å². The van der Waals surface area contributed by atoms with E-state index >= 15 is 0 Å². The second-order valence-electron chi connectivity index (χ2n) is 7.99. The minimum Gasteiger partial charge on any atom is -0.493 e. The van der Waals surface area contributed by atoms with Gasteiger partial charge < -0.3 is 18.8 Å². The number of piperazine rings is 1. The molecular weight excluding hydrogens is 408 g/mol. The third-order valence-corrected chi connectivity index (χ3v) is 6.10. The molecule has 0 spiro atoms. The van der Waals surface area contributed by atoms with E-state index in [9.17, 15) is 9.59 Å². The van der Waals surface area contributed by atoms with Gasteiger partial charge in [0.05, 0.1) is 26.2 Å². The van der Waals surface area contributed by atoms with E-state index in [1.54, 1.807) is 6.07 Å². The zero-order valence-corrected chi connectivity index (χ0v) is 18.7. The molecule has 1 fully saturated rings. The summed E-state index contributed by atoms with van der Waals surface area (Å²) in [6, 6.07) is 13.9. The van der Waals surface area contributed by atoms with Gasteiger partial charge >= 0.3 is 5.63 Å². The van der Waals surface area contributed by atoms with Gasteiger partial charge in [0, 0.05) is 38.1 Å². The standard InChI is InChI=1S/C25H28N2O5/c1-17-19-9-10-21(30-2)24(31-3)23(19)32-25(29)20(17)15-22(28)27-13-11-26(12-14-27)16-18-7-5-4-6-8-18/h4-10H,11-16H2,1-3H3. The monoisotopic (exact) mass is 436 g/mol. The molecule has 7 nitrogen and oxygen atoms in total. The van der Waals surface area contributed by atoms with Gasteiger partial charge in [0.1, 0.15) is 0 Å². The molecule has 0 unspecified atom stereocenters. The van der Waals surface area contributed by atoms with Crippen molar-refractivity contribution in [2.75, 3.05) is 40.4 Å². The highest BCUT2D eigenvalue weighted by Crippen LogP contribution is 2.36. The van der Waals surface area contributed by atoms with Crippen molar-refractivity contribution in [3.63, 3.8) is 0 Å². The van der Waals surface area contributed by atoms with Crippen LogP contribution in [0, 0.1) is 6.92 Å². The summed E-state index contributed by atoms with van der Waals surface area (Å²) in [6.07, 6.45) is 0.0249. The van der Waals surface area contributed by atoms with E-state index in [0.29, 0.717) is 35.7 Å². The molecule has 0 bridgehead atoms. The molecule has 0 saturated carbocycles. The van der Waals surface area contributed by atoms with Crippen LogP contribution in [-0.4, -0.2) is 56.1 Å². The van der Waals surface area contributed by atoms with Crippen LogP contribution in [0.2, 0.25) is 0 Å². The fourth-order valence-electron chi connectivity index (χ4n) is 4.23. The molecule has 168 valence electrons. The summed E-state index contributed by atoms with van der Waals surface area (Å²) in [5.74, 6) is 0.803. The first kappa shape index (κ1) is 21.9. The average molecular weight is 437 g/mol. The Morgan fingerprint density at radius 2 is 1.72 bits per heavy atom. The van der Waals surface area contributed by atoms with E-state index in [-0.39, 0.29) is 12.3 Å². The molecule has 1 aliphatic rings. The summed E-state index contributed by atoms with van der Waals surface area (Å²) in [5.41, 5.74) is 2.20. The van der Waals surface area contributed by atoms with Gasteiger partial charge in [-0.05, 0) is 30.2 Å². The van der Waals surface area contributed by atoms with E-state index in [4.69, 9.17) is 13.9 Å². The van der Waals surface area contributed by atoms with Gasteiger partial charge in [0.15, 0.2) is 11.3 Å². The number of carbonyl (C=O) groups excluding carboxylic acids is 1. The molecule has 0 radical (unpaired) electrons. The van der Waals surface area contributed by atoms with Crippen LogP contribution in [0.3, 0.4) is 0 Å². The van der Waals surface area contributed by atoms with Gasteiger partial charge in [0.2, 0.25) is 11.7 Å². The molecule has 2 heterocycles. The number of nitrogens with zero attached hydrogens (tertiary/aromatic N) is 2. The van der Waals surface area contributed by atoms with Crippen molar-refractivity contribution in [2.45, 2.75) is 19.9 Å². The van der Waals surface area contributed by atoms with E-state index < -0.39 is 5.63 Å². The molecule has 4 rings (SSSR count). The van der Waals surface area contributed by atoms with Gasteiger partial charge in [0.25, 0.3) is 0 Å². The third-order valence-electron chi connectivity index (χ3n) is 6.10. The Balaban J connectivity index is 1.48. The van der Waals surface area contributed by atoms with Crippen molar-refractivity contribution in [3.8, 4) is 11.5 Å². The summed E-state index contributed by atoms with van der Waals surface area (Å²) >= 11 is 0.